The van der Waals surface area contributed by atoms with Crippen LogP contribution in [0.2, 0.25) is 0 Å². The Bertz CT molecular complexity index is 1580. The number of pyridine rings is 1. The number of sulfone groups is 1. The van der Waals surface area contributed by atoms with E-state index in [1.54, 1.807) is 11.8 Å². The maximum absolute atomic E-state index is 13.5. The number of benzene rings is 2. The summed E-state index contributed by atoms with van der Waals surface area (Å²) < 4.78 is 31.4. The van der Waals surface area contributed by atoms with Crippen molar-refractivity contribution in [2.24, 2.45) is 0 Å². The van der Waals surface area contributed by atoms with Crippen LogP contribution >= 0.6 is 0 Å². The third kappa shape index (κ3) is 5.29. The fourth-order valence-electron chi connectivity index (χ4n) is 4.98. The fraction of sp³-hybridized carbons (Fsp3) is 0.345. The Kier molecular flexibility index (Phi) is 7.21. The first-order valence-electron chi connectivity index (χ1n) is 12.9. The molecule has 3 heterocycles. The number of carbonyl (C=O) groups is 1. The largest absolute Gasteiger partial charge is 0.497 e. The number of methoxy groups -OCH3 is 1. The lowest BCUT2D eigenvalue weighted by molar-refractivity contribution is 0.0955. The monoisotopic (exact) mass is 532 g/mol. The Hall–Kier alpha value is -3.72. The van der Waals surface area contributed by atoms with E-state index >= 15 is 0 Å². The van der Waals surface area contributed by atoms with Gasteiger partial charge in [0.2, 0.25) is 0 Å². The zero-order valence-electron chi connectivity index (χ0n) is 21.9. The summed E-state index contributed by atoms with van der Waals surface area (Å²) in [5, 5.41) is 8.40. The van der Waals surface area contributed by atoms with Crippen molar-refractivity contribution in [2.75, 3.05) is 25.2 Å². The van der Waals surface area contributed by atoms with Crippen molar-refractivity contribution in [1.29, 1.82) is 0 Å². The van der Waals surface area contributed by atoms with Crippen molar-refractivity contribution in [3.8, 4) is 17.0 Å². The molecule has 2 aromatic carbocycles. The maximum Gasteiger partial charge on any atom is 0.252 e. The van der Waals surface area contributed by atoms with Gasteiger partial charge in [-0.2, -0.15) is 5.10 Å². The summed E-state index contributed by atoms with van der Waals surface area (Å²) >= 11 is 0. The minimum Gasteiger partial charge on any atom is -0.497 e. The molecule has 2 aromatic heterocycles. The molecule has 1 amide bonds. The number of amides is 1. The molecule has 38 heavy (non-hydrogen) atoms. The predicted molar refractivity (Wildman–Crippen MR) is 148 cm³/mol. The van der Waals surface area contributed by atoms with E-state index < -0.39 is 9.84 Å². The van der Waals surface area contributed by atoms with Crippen molar-refractivity contribution in [3.63, 3.8) is 0 Å². The summed E-state index contributed by atoms with van der Waals surface area (Å²) in [6.07, 6.45) is 2.09. The highest BCUT2D eigenvalue weighted by Crippen LogP contribution is 2.32. The zero-order valence-corrected chi connectivity index (χ0v) is 22.7. The number of hydrogen-bond acceptors (Lipinski definition) is 6. The molecule has 4 aromatic rings. The molecule has 0 spiro atoms. The normalized spacial score (nSPS) is 16.6. The SMILES string of the molecule is CCc1ccc(-c2cc(C(=O)NCCc3ccc(OC)cc3)c3c(C)nn(C4CCS(=O)(=O)C4)c3n2)cc1. The third-order valence-electron chi connectivity index (χ3n) is 7.15. The molecule has 0 saturated carbocycles. The van der Waals surface area contributed by atoms with Crippen LogP contribution in [0.15, 0.2) is 54.6 Å². The molecule has 0 radical (unpaired) electrons. The van der Waals surface area contributed by atoms with Gasteiger partial charge >= 0.3 is 0 Å². The zero-order chi connectivity index (χ0) is 26.9. The molecule has 198 valence electrons. The van der Waals surface area contributed by atoms with Crippen molar-refractivity contribution < 1.29 is 17.9 Å². The second kappa shape index (κ2) is 10.6. The molecule has 1 saturated heterocycles. The van der Waals surface area contributed by atoms with E-state index in [0.717, 1.165) is 23.3 Å². The Balaban J connectivity index is 1.50. The fourth-order valence-corrected chi connectivity index (χ4v) is 6.67. The Labute approximate surface area is 223 Å². The number of aromatic nitrogens is 3. The smallest absolute Gasteiger partial charge is 0.252 e. The number of nitrogens with zero attached hydrogens (tertiary/aromatic N) is 3. The first kappa shape index (κ1) is 25.9. The molecule has 0 bridgehead atoms. The number of fused-ring (bicyclic) bond motifs is 1. The maximum atomic E-state index is 13.5. The molecule has 5 rings (SSSR count). The van der Waals surface area contributed by atoms with Crippen LogP contribution in [0.5, 0.6) is 5.75 Å². The highest BCUT2D eigenvalue weighted by Gasteiger charge is 2.32. The number of ether oxygens (including phenoxy) is 1. The van der Waals surface area contributed by atoms with Crippen LogP contribution in [0.3, 0.4) is 0 Å². The molecule has 1 fully saturated rings. The van der Waals surface area contributed by atoms with E-state index in [2.05, 4.69) is 29.5 Å². The lowest BCUT2D eigenvalue weighted by atomic mass is 10.0. The molecule has 9 heteroatoms. The van der Waals surface area contributed by atoms with Gasteiger partial charge in [-0.1, -0.05) is 43.3 Å². The number of rotatable bonds is 8. The highest BCUT2D eigenvalue weighted by molar-refractivity contribution is 7.91. The van der Waals surface area contributed by atoms with Crippen LogP contribution in [-0.4, -0.2) is 54.2 Å². The van der Waals surface area contributed by atoms with Gasteiger partial charge in [0.1, 0.15) is 5.75 Å². The summed E-state index contributed by atoms with van der Waals surface area (Å²) in [7, 11) is -1.49. The van der Waals surface area contributed by atoms with Gasteiger partial charge in [-0.3, -0.25) is 4.79 Å². The minimum absolute atomic E-state index is 0.0315. The average molecular weight is 533 g/mol. The minimum atomic E-state index is -3.12. The summed E-state index contributed by atoms with van der Waals surface area (Å²) in [6, 6.07) is 17.4. The first-order valence-corrected chi connectivity index (χ1v) is 14.7. The van der Waals surface area contributed by atoms with E-state index in [0.29, 0.717) is 47.4 Å². The quantitative estimate of drug-likeness (QED) is 0.363. The molecule has 1 aliphatic heterocycles. The molecular formula is C29H32N4O4S. The van der Waals surface area contributed by atoms with Gasteiger partial charge in [-0.05, 0) is 55.5 Å². The summed E-state index contributed by atoms with van der Waals surface area (Å²) in [5.74, 6) is 0.747. The summed E-state index contributed by atoms with van der Waals surface area (Å²) in [5.41, 5.74) is 5.54. The van der Waals surface area contributed by atoms with Crippen LogP contribution in [0.1, 0.15) is 46.6 Å². The van der Waals surface area contributed by atoms with Gasteiger partial charge in [-0.15, -0.1) is 0 Å². The Morgan fingerprint density at radius 2 is 1.82 bits per heavy atom. The van der Waals surface area contributed by atoms with E-state index in [-0.39, 0.29) is 23.5 Å². The molecular weight excluding hydrogens is 500 g/mol. The van der Waals surface area contributed by atoms with Crippen LogP contribution in [0.4, 0.5) is 0 Å². The van der Waals surface area contributed by atoms with Crippen LogP contribution in [0, 0.1) is 6.92 Å². The van der Waals surface area contributed by atoms with Gasteiger partial charge in [-0.25, -0.2) is 18.1 Å². The van der Waals surface area contributed by atoms with Gasteiger partial charge in [0.05, 0.1) is 47.0 Å². The van der Waals surface area contributed by atoms with Crippen molar-refractivity contribution >= 4 is 26.8 Å². The molecule has 1 N–H and O–H groups in total. The lowest BCUT2D eigenvalue weighted by Crippen LogP contribution is -2.26. The van der Waals surface area contributed by atoms with Crippen LogP contribution < -0.4 is 10.1 Å². The molecule has 8 nitrogen and oxygen atoms in total. The summed E-state index contributed by atoms with van der Waals surface area (Å²) in [6.45, 7) is 4.40. The first-order chi connectivity index (χ1) is 18.3. The number of aryl methyl sites for hydroxylation is 2. The van der Waals surface area contributed by atoms with Gasteiger partial charge in [0, 0.05) is 12.1 Å². The topological polar surface area (TPSA) is 103 Å². The average Bonchev–Trinajstić information content (AvgIpc) is 3.46. The van der Waals surface area contributed by atoms with Crippen molar-refractivity contribution in [2.45, 2.75) is 39.2 Å². The lowest BCUT2D eigenvalue weighted by Gasteiger charge is -2.13. The Morgan fingerprint density at radius 3 is 2.45 bits per heavy atom. The van der Waals surface area contributed by atoms with Crippen LogP contribution in [-0.2, 0) is 22.7 Å². The van der Waals surface area contributed by atoms with Crippen molar-refractivity contribution in [1.82, 2.24) is 20.1 Å². The van der Waals surface area contributed by atoms with E-state index in [1.807, 2.05) is 49.4 Å². The van der Waals surface area contributed by atoms with Crippen molar-refractivity contribution in [3.05, 3.63) is 77.0 Å². The number of nitrogens with one attached hydrogen (secondary N) is 1. The van der Waals surface area contributed by atoms with Gasteiger partial charge in [0.25, 0.3) is 5.91 Å². The molecule has 0 aliphatic carbocycles. The number of hydrogen-bond donors (Lipinski definition) is 1. The third-order valence-corrected chi connectivity index (χ3v) is 8.90. The van der Waals surface area contributed by atoms with E-state index in [1.165, 1.54) is 5.56 Å². The molecule has 1 aliphatic rings. The van der Waals surface area contributed by atoms with Gasteiger partial charge in [0.15, 0.2) is 15.5 Å². The predicted octanol–water partition coefficient (Wildman–Crippen LogP) is 4.31. The van der Waals surface area contributed by atoms with E-state index in [4.69, 9.17) is 9.72 Å². The second-order valence-electron chi connectivity index (χ2n) is 9.74. The molecule has 1 unspecified atom stereocenters. The standard InChI is InChI=1S/C29H32N4O4S/c1-4-20-5-9-22(10-6-20)26-17-25(29(34)30-15-13-21-7-11-24(37-3)12-8-21)27-19(2)32-33(28(27)31-26)23-14-16-38(35,36)18-23/h5-12,17,23H,4,13-16,18H2,1-3H3,(H,30,34). The number of carbonyl (C=O) groups excluding carboxylic acids is 1. The Morgan fingerprint density at radius 1 is 1.11 bits per heavy atom. The van der Waals surface area contributed by atoms with Crippen LogP contribution in [0.25, 0.3) is 22.3 Å². The molecule has 1 atom stereocenters. The second-order valence-corrected chi connectivity index (χ2v) is 12.0. The van der Waals surface area contributed by atoms with E-state index in [9.17, 15) is 13.2 Å². The summed E-state index contributed by atoms with van der Waals surface area (Å²) in [4.78, 5) is 18.4. The van der Waals surface area contributed by atoms with Gasteiger partial charge < -0.3 is 10.1 Å². The highest BCUT2D eigenvalue weighted by atomic mass is 32.2.